The highest BCUT2D eigenvalue weighted by Gasteiger charge is 2.42. The van der Waals surface area contributed by atoms with E-state index in [4.69, 9.17) is 9.84 Å². The molecule has 5 nitrogen and oxygen atoms in total. The predicted octanol–water partition coefficient (Wildman–Crippen LogP) is 1.54. The highest BCUT2D eigenvalue weighted by molar-refractivity contribution is 5.92. The maximum Gasteiger partial charge on any atom is 0.329 e. The molecule has 112 valence electrons. The Balaban J connectivity index is 1.87. The fourth-order valence-electron chi connectivity index (χ4n) is 2.12. The standard InChI is InChI=1S/C15H16FNO4/c1-15(21-8-14(19)20)9-17(10-15)13(18)7-6-11-4-2-3-5-12(11)16/h2-7H,8-10H2,1H3,(H,19,20)/b7-6+. The van der Waals surface area contributed by atoms with Crippen LogP contribution in [0.3, 0.4) is 0 Å². The normalized spacial score (nSPS) is 16.8. The number of likely N-dealkylation sites (tertiary alicyclic amines) is 1. The number of carbonyl (C=O) groups excluding carboxylic acids is 1. The van der Waals surface area contributed by atoms with Crippen LogP contribution >= 0.6 is 0 Å². The van der Waals surface area contributed by atoms with E-state index in [0.717, 1.165) is 0 Å². The SMILES string of the molecule is CC1(OCC(=O)O)CN(C(=O)/C=C/c2ccccc2F)C1. The van der Waals surface area contributed by atoms with E-state index < -0.39 is 11.6 Å². The molecule has 2 rings (SSSR count). The summed E-state index contributed by atoms with van der Waals surface area (Å²) >= 11 is 0. The van der Waals surface area contributed by atoms with Gasteiger partial charge in [0, 0.05) is 11.6 Å². The minimum Gasteiger partial charge on any atom is -0.480 e. The van der Waals surface area contributed by atoms with Crippen LogP contribution in [0.2, 0.25) is 0 Å². The third kappa shape index (κ3) is 3.88. The third-order valence-electron chi connectivity index (χ3n) is 3.22. The topological polar surface area (TPSA) is 66.8 Å². The van der Waals surface area contributed by atoms with E-state index in [-0.39, 0.29) is 18.3 Å². The van der Waals surface area contributed by atoms with Crippen molar-refractivity contribution < 1.29 is 23.8 Å². The molecular weight excluding hydrogens is 277 g/mol. The molecule has 1 fully saturated rings. The van der Waals surface area contributed by atoms with Gasteiger partial charge in [-0.25, -0.2) is 9.18 Å². The molecule has 1 N–H and O–H groups in total. The summed E-state index contributed by atoms with van der Waals surface area (Å²) in [4.78, 5) is 23.8. The lowest BCUT2D eigenvalue weighted by Gasteiger charge is -2.46. The van der Waals surface area contributed by atoms with Gasteiger partial charge in [-0.05, 0) is 19.1 Å². The molecule has 1 aromatic carbocycles. The molecule has 0 radical (unpaired) electrons. The van der Waals surface area contributed by atoms with Gasteiger partial charge in [0.15, 0.2) is 0 Å². The summed E-state index contributed by atoms with van der Waals surface area (Å²) in [5, 5.41) is 8.56. The number of nitrogens with zero attached hydrogens (tertiary/aromatic N) is 1. The first-order chi connectivity index (χ1) is 9.89. The predicted molar refractivity (Wildman–Crippen MR) is 74.0 cm³/mol. The molecule has 1 aromatic rings. The van der Waals surface area contributed by atoms with Crippen molar-refractivity contribution >= 4 is 18.0 Å². The molecule has 0 bridgehead atoms. The van der Waals surface area contributed by atoms with Gasteiger partial charge in [-0.1, -0.05) is 18.2 Å². The summed E-state index contributed by atoms with van der Waals surface area (Å²) < 4.78 is 18.6. The van der Waals surface area contributed by atoms with Crippen LogP contribution < -0.4 is 0 Å². The quantitative estimate of drug-likeness (QED) is 0.836. The molecule has 1 amide bonds. The number of halogens is 1. The Morgan fingerprint density at radius 1 is 1.43 bits per heavy atom. The summed E-state index contributed by atoms with van der Waals surface area (Å²) in [6.07, 6.45) is 2.72. The van der Waals surface area contributed by atoms with Gasteiger partial charge in [-0.15, -0.1) is 0 Å². The Morgan fingerprint density at radius 3 is 2.71 bits per heavy atom. The van der Waals surface area contributed by atoms with Gasteiger partial charge in [0.25, 0.3) is 0 Å². The first kappa shape index (κ1) is 15.2. The molecule has 21 heavy (non-hydrogen) atoms. The van der Waals surface area contributed by atoms with E-state index in [1.807, 2.05) is 0 Å². The Morgan fingerprint density at radius 2 is 2.10 bits per heavy atom. The third-order valence-corrected chi connectivity index (χ3v) is 3.22. The number of carboxylic acid groups (broad SMARTS) is 1. The van der Waals surface area contributed by atoms with Crippen molar-refractivity contribution in [1.82, 2.24) is 4.90 Å². The summed E-state index contributed by atoms with van der Waals surface area (Å²) in [6.45, 7) is 2.01. The molecule has 0 aliphatic carbocycles. The number of ether oxygens (including phenoxy) is 1. The number of amides is 1. The second-order valence-electron chi connectivity index (χ2n) is 5.18. The molecule has 0 saturated carbocycles. The lowest BCUT2D eigenvalue weighted by molar-refractivity contribution is -0.170. The summed E-state index contributed by atoms with van der Waals surface area (Å²) in [7, 11) is 0. The Hall–Kier alpha value is -2.21. The van der Waals surface area contributed by atoms with Gasteiger partial charge in [0.2, 0.25) is 5.91 Å². The van der Waals surface area contributed by atoms with Gasteiger partial charge in [-0.2, -0.15) is 0 Å². The monoisotopic (exact) mass is 293 g/mol. The second-order valence-corrected chi connectivity index (χ2v) is 5.18. The average Bonchev–Trinajstić information content (AvgIpc) is 2.41. The van der Waals surface area contributed by atoms with E-state index >= 15 is 0 Å². The Bertz CT molecular complexity index is 579. The fourth-order valence-corrected chi connectivity index (χ4v) is 2.12. The van der Waals surface area contributed by atoms with Crippen LogP contribution in [0, 0.1) is 5.82 Å². The molecule has 1 heterocycles. The zero-order valence-corrected chi connectivity index (χ0v) is 11.6. The van der Waals surface area contributed by atoms with Crippen LogP contribution in [0.5, 0.6) is 0 Å². The zero-order valence-electron chi connectivity index (χ0n) is 11.6. The van der Waals surface area contributed by atoms with E-state index in [9.17, 15) is 14.0 Å². The number of aliphatic carboxylic acids is 1. The smallest absolute Gasteiger partial charge is 0.329 e. The van der Waals surface area contributed by atoms with Gasteiger partial charge in [-0.3, -0.25) is 4.79 Å². The minimum absolute atomic E-state index is 0.255. The van der Waals surface area contributed by atoms with Gasteiger partial charge >= 0.3 is 5.97 Å². The minimum atomic E-state index is -1.04. The van der Waals surface area contributed by atoms with Crippen LogP contribution in [-0.2, 0) is 14.3 Å². The van der Waals surface area contributed by atoms with E-state index in [2.05, 4.69) is 0 Å². The van der Waals surface area contributed by atoms with Crippen molar-refractivity contribution in [2.75, 3.05) is 19.7 Å². The second kappa shape index (κ2) is 6.05. The van der Waals surface area contributed by atoms with Crippen molar-refractivity contribution in [2.45, 2.75) is 12.5 Å². The highest BCUT2D eigenvalue weighted by atomic mass is 19.1. The van der Waals surface area contributed by atoms with Crippen LogP contribution in [-0.4, -0.2) is 47.2 Å². The molecule has 0 spiro atoms. The van der Waals surface area contributed by atoms with Crippen molar-refractivity contribution in [3.8, 4) is 0 Å². The van der Waals surface area contributed by atoms with Crippen molar-refractivity contribution in [3.05, 3.63) is 41.7 Å². The number of carbonyl (C=O) groups is 2. The fraction of sp³-hybridized carbons (Fsp3) is 0.333. The first-order valence-corrected chi connectivity index (χ1v) is 6.47. The molecular formula is C15H16FNO4. The molecule has 6 heteroatoms. The maximum atomic E-state index is 13.4. The van der Waals surface area contributed by atoms with Crippen molar-refractivity contribution in [1.29, 1.82) is 0 Å². The largest absolute Gasteiger partial charge is 0.480 e. The van der Waals surface area contributed by atoms with Crippen molar-refractivity contribution in [3.63, 3.8) is 0 Å². The average molecular weight is 293 g/mol. The van der Waals surface area contributed by atoms with E-state index in [0.29, 0.717) is 18.7 Å². The van der Waals surface area contributed by atoms with Gasteiger partial charge in [0.05, 0.1) is 13.1 Å². The van der Waals surface area contributed by atoms with Crippen LogP contribution in [0.1, 0.15) is 12.5 Å². The first-order valence-electron chi connectivity index (χ1n) is 6.47. The number of hydrogen-bond donors (Lipinski definition) is 1. The van der Waals surface area contributed by atoms with Crippen LogP contribution in [0.15, 0.2) is 30.3 Å². The molecule has 0 aromatic heterocycles. The van der Waals surface area contributed by atoms with Crippen LogP contribution in [0.4, 0.5) is 4.39 Å². The Kier molecular flexibility index (Phi) is 4.37. The van der Waals surface area contributed by atoms with Crippen molar-refractivity contribution in [2.24, 2.45) is 0 Å². The molecule has 0 atom stereocenters. The maximum absolute atomic E-state index is 13.4. The number of rotatable bonds is 5. The molecule has 0 unspecified atom stereocenters. The van der Waals surface area contributed by atoms with Gasteiger partial charge in [0.1, 0.15) is 18.0 Å². The molecule has 1 aliphatic rings. The molecule has 1 aliphatic heterocycles. The highest BCUT2D eigenvalue weighted by Crippen LogP contribution is 2.25. The number of hydrogen-bond acceptors (Lipinski definition) is 3. The number of carboxylic acids is 1. The van der Waals surface area contributed by atoms with Crippen LogP contribution in [0.25, 0.3) is 6.08 Å². The number of benzene rings is 1. The summed E-state index contributed by atoms with van der Waals surface area (Å²) in [5.74, 6) is -1.69. The van der Waals surface area contributed by atoms with E-state index in [1.165, 1.54) is 23.1 Å². The van der Waals surface area contributed by atoms with E-state index in [1.54, 1.807) is 25.1 Å². The lowest BCUT2D eigenvalue weighted by atomic mass is 9.96. The summed E-state index contributed by atoms with van der Waals surface area (Å²) in [5.41, 5.74) is -0.281. The summed E-state index contributed by atoms with van der Waals surface area (Å²) in [6, 6.07) is 6.17. The Labute approximate surface area is 121 Å². The van der Waals surface area contributed by atoms with Gasteiger partial charge < -0.3 is 14.7 Å². The molecule has 1 saturated heterocycles. The zero-order chi connectivity index (χ0) is 15.5. The lowest BCUT2D eigenvalue weighted by Crippen LogP contribution is -2.63.